The Kier molecular flexibility index (Phi) is 5.60. The fourth-order valence-corrected chi connectivity index (χ4v) is 5.41. The molecule has 0 bridgehead atoms. The molecule has 170 valence electrons. The van der Waals surface area contributed by atoms with E-state index in [9.17, 15) is 8.42 Å². The van der Waals surface area contributed by atoms with Gasteiger partial charge >= 0.3 is 0 Å². The van der Waals surface area contributed by atoms with Gasteiger partial charge < -0.3 is 13.9 Å². The van der Waals surface area contributed by atoms with E-state index in [4.69, 9.17) is 13.9 Å². The second-order valence-corrected chi connectivity index (χ2v) is 9.92. The van der Waals surface area contributed by atoms with Crippen molar-refractivity contribution in [3.63, 3.8) is 0 Å². The van der Waals surface area contributed by atoms with Gasteiger partial charge in [0.1, 0.15) is 17.4 Å². The molecule has 0 fully saturated rings. The smallest absolute Gasteiger partial charge is 0.241 e. The summed E-state index contributed by atoms with van der Waals surface area (Å²) in [5.41, 5.74) is 3.52. The van der Waals surface area contributed by atoms with Crippen LogP contribution in [-0.2, 0) is 10.0 Å². The van der Waals surface area contributed by atoms with Crippen molar-refractivity contribution in [2.24, 2.45) is 0 Å². The van der Waals surface area contributed by atoms with E-state index in [0.29, 0.717) is 36.1 Å². The van der Waals surface area contributed by atoms with Gasteiger partial charge in [0.15, 0.2) is 11.5 Å². The zero-order chi connectivity index (χ0) is 23.0. The van der Waals surface area contributed by atoms with Gasteiger partial charge in [-0.15, -0.1) is 0 Å². The van der Waals surface area contributed by atoms with Crippen molar-refractivity contribution in [3.05, 3.63) is 89.2 Å². The van der Waals surface area contributed by atoms with Crippen LogP contribution in [0.5, 0.6) is 11.5 Å². The third-order valence-electron chi connectivity index (χ3n) is 5.86. The number of para-hydroxylation sites is 1. The van der Waals surface area contributed by atoms with Gasteiger partial charge in [0, 0.05) is 17.9 Å². The minimum absolute atomic E-state index is 0.110. The topological polar surface area (TPSA) is 77.8 Å². The summed E-state index contributed by atoms with van der Waals surface area (Å²) in [6.45, 7) is 4.96. The Morgan fingerprint density at radius 2 is 1.58 bits per heavy atom. The Balaban J connectivity index is 1.59. The first-order chi connectivity index (χ1) is 15.9. The molecule has 0 amide bonds. The third kappa shape index (κ3) is 4.21. The summed E-state index contributed by atoms with van der Waals surface area (Å²) in [4.78, 5) is 0.110. The number of benzene rings is 3. The molecular formula is C26H25NO5S. The molecule has 1 aromatic heterocycles. The van der Waals surface area contributed by atoms with E-state index in [-0.39, 0.29) is 4.90 Å². The van der Waals surface area contributed by atoms with Crippen LogP contribution in [0.25, 0.3) is 11.0 Å². The third-order valence-corrected chi connectivity index (χ3v) is 7.28. The lowest BCUT2D eigenvalue weighted by molar-refractivity contribution is 0.297. The second-order valence-electron chi connectivity index (χ2n) is 8.21. The van der Waals surface area contributed by atoms with Gasteiger partial charge in [0.25, 0.3) is 0 Å². The van der Waals surface area contributed by atoms with Crippen molar-refractivity contribution in [2.45, 2.75) is 31.2 Å². The molecule has 1 atom stereocenters. The summed E-state index contributed by atoms with van der Waals surface area (Å²) in [6, 6.07) is 19.4. The van der Waals surface area contributed by atoms with Gasteiger partial charge in [-0.1, -0.05) is 36.4 Å². The highest BCUT2D eigenvalue weighted by molar-refractivity contribution is 7.89. The quantitative estimate of drug-likeness (QED) is 0.436. The zero-order valence-electron chi connectivity index (χ0n) is 18.5. The lowest BCUT2D eigenvalue weighted by Gasteiger charge is -2.21. The van der Waals surface area contributed by atoms with Gasteiger partial charge in [0.05, 0.1) is 18.1 Å². The molecule has 3 aromatic carbocycles. The van der Waals surface area contributed by atoms with E-state index in [1.165, 1.54) is 12.1 Å². The number of hydrogen-bond donors (Lipinski definition) is 1. The first-order valence-corrected chi connectivity index (χ1v) is 12.4. The Labute approximate surface area is 193 Å². The van der Waals surface area contributed by atoms with Crippen LogP contribution in [0, 0.1) is 13.8 Å². The number of fused-ring (bicyclic) bond motifs is 2. The van der Waals surface area contributed by atoms with Crippen molar-refractivity contribution in [2.75, 3.05) is 13.2 Å². The van der Waals surface area contributed by atoms with Crippen molar-refractivity contribution in [1.29, 1.82) is 0 Å². The van der Waals surface area contributed by atoms with Gasteiger partial charge in [-0.05, 0) is 54.8 Å². The minimum atomic E-state index is -3.92. The largest absolute Gasteiger partial charge is 0.490 e. The zero-order valence-corrected chi connectivity index (χ0v) is 19.3. The summed E-state index contributed by atoms with van der Waals surface area (Å²) >= 11 is 0. The average Bonchev–Trinajstić information content (AvgIpc) is 3.08. The van der Waals surface area contributed by atoms with Crippen molar-refractivity contribution < 1.29 is 22.3 Å². The maximum Gasteiger partial charge on any atom is 0.241 e. The van der Waals surface area contributed by atoms with E-state index in [2.05, 4.69) is 4.72 Å². The van der Waals surface area contributed by atoms with Gasteiger partial charge in [-0.2, -0.15) is 4.72 Å². The molecule has 0 saturated heterocycles. The average molecular weight is 464 g/mol. The molecule has 0 unspecified atom stereocenters. The summed E-state index contributed by atoms with van der Waals surface area (Å²) in [6.07, 6.45) is 0.746. The van der Waals surface area contributed by atoms with Crippen LogP contribution < -0.4 is 14.2 Å². The highest BCUT2D eigenvalue weighted by Crippen LogP contribution is 2.35. The van der Waals surface area contributed by atoms with Crippen LogP contribution in [-0.4, -0.2) is 21.6 Å². The van der Waals surface area contributed by atoms with Gasteiger partial charge in [-0.25, -0.2) is 8.42 Å². The highest BCUT2D eigenvalue weighted by atomic mass is 32.2. The molecule has 1 N–H and O–H groups in total. The van der Waals surface area contributed by atoms with Crippen molar-refractivity contribution in [3.8, 4) is 11.5 Å². The molecule has 0 saturated carbocycles. The summed E-state index contributed by atoms with van der Waals surface area (Å²) in [7, 11) is -3.92. The molecule has 0 aliphatic carbocycles. The predicted molar refractivity (Wildman–Crippen MR) is 126 cm³/mol. The van der Waals surface area contributed by atoms with Crippen LogP contribution in [0.4, 0.5) is 0 Å². The molecule has 2 heterocycles. The number of furan rings is 1. The molecule has 1 aliphatic rings. The van der Waals surface area contributed by atoms with Gasteiger partial charge in [0.2, 0.25) is 10.0 Å². The van der Waals surface area contributed by atoms with E-state index < -0.39 is 16.1 Å². The predicted octanol–water partition coefficient (Wildman–Crippen LogP) is 5.28. The van der Waals surface area contributed by atoms with Crippen LogP contribution >= 0.6 is 0 Å². The summed E-state index contributed by atoms with van der Waals surface area (Å²) in [5.74, 6) is 1.52. The summed E-state index contributed by atoms with van der Waals surface area (Å²) < 4.78 is 47.4. The normalized spacial score (nSPS) is 14.7. The van der Waals surface area contributed by atoms with Crippen molar-refractivity contribution in [1.82, 2.24) is 4.72 Å². The maximum atomic E-state index is 13.5. The molecule has 33 heavy (non-hydrogen) atoms. The maximum absolute atomic E-state index is 13.5. The lowest BCUT2D eigenvalue weighted by Crippen LogP contribution is -2.30. The number of nitrogens with one attached hydrogen (secondary N) is 1. The second kappa shape index (κ2) is 8.57. The van der Waals surface area contributed by atoms with Crippen LogP contribution in [0.2, 0.25) is 0 Å². The van der Waals surface area contributed by atoms with Crippen LogP contribution in [0.3, 0.4) is 0 Å². The standard InChI is InChI=1S/C26H25NO5S/c1-17-7-5-8-18(2)25(17)26(24-15-19-9-3-4-10-21(19)32-24)27-33(28,29)20-11-12-22-23(16-20)31-14-6-13-30-22/h3-5,7-12,15-16,26-27H,6,13-14H2,1-2H3/t26-/m0/s1. The fraction of sp³-hybridized carbons (Fsp3) is 0.231. The fourth-order valence-electron chi connectivity index (χ4n) is 4.22. The van der Waals surface area contributed by atoms with Crippen LogP contribution in [0.15, 0.2) is 76.0 Å². The summed E-state index contributed by atoms with van der Waals surface area (Å²) in [5, 5.41) is 0.915. The lowest BCUT2D eigenvalue weighted by atomic mass is 9.95. The molecule has 6 nitrogen and oxygen atoms in total. The molecule has 0 spiro atoms. The first kappa shape index (κ1) is 21.6. The number of aryl methyl sites for hydroxylation is 2. The monoisotopic (exact) mass is 463 g/mol. The number of ether oxygens (including phenoxy) is 2. The van der Waals surface area contributed by atoms with Crippen LogP contribution in [0.1, 0.15) is 34.9 Å². The molecule has 0 radical (unpaired) electrons. The molecule has 4 aromatic rings. The SMILES string of the molecule is Cc1cccc(C)c1[C@@H](NS(=O)(=O)c1ccc2c(c1)OCCCO2)c1cc2ccccc2o1. The Bertz CT molecular complexity index is 1370. The minimum Gasteiger partial charge on any atom is -0.490 e. The molecule has 1 aliphatic heterocycles. The number of sulfonamides is 1. The van der Waals surface area contributed by atoms with Gasteiger partial charge in [-0.3, -0.25) is 0 Å². The van der Waals surface area contributed by atoms with Crippen molar-refractivity contribution >= 4 is 21.0 Å². The molecular weight excluding hydrogens is 438 g/mol. The number of hydrogen-bond acceptors (Lipinski definition) is 5. The van der Waals surface area contributed by atoms with E-state index in [1.807, 2.05) is 62.4 Å². The highest BCUT2D eigenvalue weighted by Gasteiger charge is 2.29. The Morgan fingerprint density at radius 3 is 2.33 bits per heavy atom. The van der Waals surface area contributed by atoms with E-state index in [1.54, 1.807) is 6.07 Å². The first-order valence-electron chi connectivity index (χ1n) is 10.9. The number of rotatable bonds is 5. The molecule has 5 rings (SSSR count). The van der Waals surface area contributed by atoms with E-state index >= 15 is 0 Å². The van der Waals surface area contributed by atoms with E-state index in [0.717, 1.165) is 28.5 Å². The molecule has 7 heteroatoms. The Hall–Kier alpha value is -3.29. The Morgan fingerprint density at radius 1 is 0.848 bits per heavy atom.